The van der Waals surface area contributed by atoms with Gasteiger partial charge in [0.15, 0.2) is 0 Å². The number of benzene rings is 2. The second-order valence-corrected chi connectivity index (χ2v) is 12.5. The third kappa shape index (κ3) is 8.41. The highest BCUT2D eigenvalue weighted by Crippen LogP contribution is 2.34. The molecule has 2 N–H and O–H groups in total. The fraction of sp³-hybridized carbons (Fsp3) is 0.469. The first-order chi connectivity index (χ1) is 19.5. The zero-order chi connectivity index (χ0) is 28.3. The monoisotopic (exact) mass is 580 g/mol. The SMILES string of the molecule is CSCC[C@H](NC(=O)c1ccc(COC(CCC2CCCCC2)c2cncs2)cc1-c1ccccc1C)C(=O)O. The van der Waals surface area contributed by atoms with Gasteiger partial charge in [0, 0.05) is 11.8 Å². The van der Waals surface area contributed by atoms with E-state index in [0.29, 0.717) is 24.3 Å². The number of carboxylic acid groups (broad SMARTS) is 1. The molecule has 2 atom stereocenters. The minimum absolute atomic E-state index is 0.00734. The molecule has 1 aromatic heterocycles. The van der Waals surface area contributed by atoms with Gasteiger partial charge in [0.2, 0.25) is 0 Å². The molecular formula is C32H40N2O4S2. The van der Waals surface area contributed by atoms with Crippen molar-refractivity contribution in [2.45, 2.75) is 77.0 Å². The molecule has 0 aliphatic heterocycles. The van der Waals surface area contributed by atoms with Gasteiger partial charge >= 0.3 is 5.97 Å². The molecular weight excluding hydrogens is 540 g/mol. The number of hydrogen-bond acceptors (Lipinski definition) is 6. The van der Waals surface area contributed by atoms with Crippen molar-refractivity contribution >= 4 is 35.0 Å². The highest BCUT2D eigenvalue weighted by molar-refractivity contribution is 7.98. The highest BCUT2D eigenvalue weighted by atomic mass is 32.2. The summed E-state index contributed by atoms with van der Waals surface area (Å²) in [6.45, 7) is 2.43. The van der Waals surface area contributed by atoms with Crippen LogP contribution in [0.25, 0.3) is 11.1 Å². The van der Waals surface area contributed by atoms with E-state index in [1.807, 2.05) is 61.3 Å². The molecule has 1 amide bonds. The van der Waals surface area contributed by atoms with E-state index in [1.54, 1.807) is 29.2 Å². The maximum Gasteiger partial charge on any atom is 0.326 e. The van der Waals surface area contributed by atoms with Crippen LogP contribution in [0, 0.1) is 12.8 Å². The van der Waals surface area contributed by atoms with E-state index in [4.69, 9.17) is 4.74 Å². The van der Waals surface area contributed by atoms with Gasteiger partial charge < -0.3 is 15.2 Å². The van der Waals surface area contributed by atoms with Crippen LogP contribution < -0.4 is 5.32 Å². The average Bonchev–Trinajstić information content (AvgIpc) is 3.51. The van der Waals surface area contributed by atoms with Crippen molar-refractivity contribution in [3.05, 3.63) is 75.7 Å². The zero-order valence-corrected chi connectivity index (χ0v) is 25.1. The molecule has 1 saturated carbocycles. The number of ether oxygens (including phenoxy) is 1. The van der Waals surface area contributed by atoms with Gasteiger partial charge in [-0.05, 0) is 78.5 Å². The maximum absolute atomic E-state index is 13.4. The molecule has 0 bridgehead atoms. The summed E-state index contributed by atoms with van der Waals surface area (Å²) in [4.78, 5) is 30.6. The molecule has 0 spiro atoms. The summed E-state index contributed by atoms with van der Waals surface area (Å²) in [5.41, 5.74) is 6.06. The standard InChI is InChI=1S/C32H40N2O4S2/c1-22-8-6-7-11-25(22)27-18-24(12-14-26(27)31(35)34-28(32(36)37)16-17-39-2)20-38-29(30-19-33-21-40-30)15-13-23-9-4-3-5-10-23/h6-8,11-12,14,18-19,21,23,28-29H,3-5,9-10,13,15-17,20H2,1-2H3,(H,34,35)(H,36,37)/t28-,29?/m0/s1. The Morgan fingerprint density at radius 1 is 1.12 bits per heavy atom. The summed E-state index contributed by atoms with van der Waals surface area (Å²) >= 11 is 3.20. The third-order valence-corrected chi connectivity index (χ3v) is 9.27. The number of nitrogens with zero attached hydrogens (tertiary/aromatic N) is 1. The number of aryl methyl sites for hydroxylation is 1. The number of aliphatic carboxylic acids is 1. The van der Waals surface area contributed by atoms with E-state index < -0.39 is 12.0 Å². The van der Waals surface area contributed by atoms with Crippen molar-refractivity contribution in [1.82, 2.24) is 10.3 Å². The average molecular weight is 581 g/mol. The van der Waals surface area contributed by atoms with Gasteiger partial charge in [0.05, 0.1) is 23.1 Å². The van der Waals surface area contributed by atoms with E-state index in [-0.39, 0.29) is 12.0 Å². The van der Waals surface area contributed by atoms with E-state index in [9.17, 15) is 14.7 Å². The highest BCUT2D eigenvalue weighted by Gasteiger charge is 2.23. The van der Waals surface area contributed by atoms with Gasteiger partial charge in [0.25, 0.3) is 5.91 Å². The second kappa shape index (κ2) is 15.4. The Hall–Kier alpha value is -2.68. The van der Waals surface area contributed by atoms with Crippen LogP contribution >= 0.6 is 23.1 Å². The lowest BCUT2D eigenvalue weighted by Gasteiger charge is -2.24. The Labute approximate surface area is 246 Å². The summed E-state index contributed by atoms with van der Waals surface area (Å²) < 4.78 is 6.52. The van der Waals surface area contributed by atoms with E-state index in [0.717, 1.165) is 45.9 Å². The van der Waals surface area contributed by atoms with Gasteiger partial charge in [-0.25, -0.2) is 4.79 Å². The van der Waals surface area contributed by atoms with Crippen LogP contribution in [0.1, 0.15) is 83.8 Å². The molecule has 40 heavy (non-hydrogen) atoms. The molecule has 0 saturated heterocycles. The fourth-order valence-electron chi connectivity index (χ4n) is 5.46. The number of carboxylic acids is 1. The molecule has 1 aliphatic carbocycles. The number of amides is 1. The summed E-state index contributed by atoms with van der Waals surface area (Å²) in [5, 5.41) is 12.4. The van der Waals surface area contributed by atoms with Crippen LogP contribution in [0.3, 0.4) is 0 Å². The smallest absolute Gasteiger partial charge is 0.326 e. The molecule has 8 heteroatoms. The Morgan fingerprint density at radius 3 is 2.62 bits per heavy atom. The summed E-state index contributed by atoms with van der Waals surface area (Å²) in [6, 6.07) is 12.7. The molecule has 2 aromatic carbocycles. The van der Waals surface area contributed by atoms with Gasteiger partial charge in [0.1, 0.15) is 6.04 Å². The number of rotatable bonds is 14. The molecule has 214 valence electrons. The Bertz CT molecular complexity index is 1240. The first kappa shape index (κ1) is 30.3. The second-order valence-electron chi connectivity index (χ2n) is 10.6. The van der Waals surface area contributed by atoms with Crippen LogP contribution in [0.2, 0.25) is 0 Å². The van der Waals surface area contributed by atoms with Crippen molar-refractivity contribution < 1.29 is 19.4 Å². The summed E-state index contributed by atoms with van der Waals surface area (Å²) in [6.07, 6.45) is 13.0. The number of thiazole rings is 1. The first-order valence-corrected chi connectivity index (χ1v) is 16.4. The lowest BCUT2D eigenvalue weighted by Crippen LogP contribution is -2.41. The van der Waals surface area contributed by atoms with E-state index >= 15 is 0 Å². The summed E-state index contributed by atoms with van der Waals surface area (Å²) in [5.74, 6) is 0.0325. The molecule has 1 unspecified atom stereocenters. The predicted molar refractivity (Wildman–Crippen MR) is 164 cm³/mol. The predicted octanol–water partition coefficient (Wildman–Crippen LogP) is 7.67. The first-order valence-electron chi connectivity index (χ1n) is 14.2. The number of aromatic nitrogens is 1. The van der Waals surface area contributed by atoms with Crippen molar-refractivity contribution in [1.29, 1.82) is 0 Å². The minimum atomic E-state index is -1.02. The number of carbonyl (C=O) groups is 2. The van der Waals surface area contributed by atoms with Crippen molar-refractivity contribution in [2.24, 2.45) is 5.92 Å². The van der Waals surface area contributed by atoms with Gasteiger partial charge in [-0.1, -0.05) is 62.4 Å². The fourth-order valence-corrected chi connectivity index (χ4v) is 6.63. The maximum atomic E-state index is 13.4. The number of nitrogens with one attached hydrogen (secondary N) is 1. The molecule has 0 radical (unpaired) electrons. The Kier molecular flexibility index (Phi) is 11.6. The molecule has 1 aliphatic rings. The third-order valence-electron chi connectivity index (χ3n) is 7.76. The van der Waals surface area contributed by atoms with Crippen molar-refractivity contribution in [2.75, 3.05) is 12.0 Å². The van der Waals surface area contributed by atoms with Crippen LogP contribution in [-0.2, 0) is 16.1 Å². The van der Waals surface area contributed by atoms with Crippen LogP contribution in [0.4, 0.5) is 0 Å². The lowest BCUT2D eigenvalue weighted by molar-refractivity contribution is -0.139. The number of carbonyl (C=O) groups excluding carboxylic acids is 1. The van der Waals surface area contributed by atoms with Gasteiger partial charge in [-0.2, -0.15) is 11.8 Å². The molecule has 6 nitrogen and oxygen atoms in total. The van der Waals surface area contributed by atoms with Crippen molar-refractivity contribution in [3.8, 4) is 11.1 Å². The number of hydrogen-bond donors (Lipinski definition) is 2. The van der Waals surface area contributed by atoms with Gasteiger partial charge in [-0.3, -0.25) is 9.78 Å². The number of thioether (sulfide) groups is 1. The molecule has 1 heterocycles. The van der Waals surface area contributed by atoms with Crippen LogP contribution in [0.5, 0.6) is 0 Å². The molecule has 4 rings (SSSR count). The molecule has 1 fully saturated rings. The lowest BCUT2D eigenvalue weighted by atomic mass is 9.85. The topological polar surface area (TPSA) is 88.5 Å². The van der Waals surface area contributed by atoms with E-state index in [2.05, 4.69) is 10.3 Å². The van der Waals surface area contributed by atoms with Gasteiger partial charge in [-0.15, -0.1) is 11.3 Å². The normalized spacial score (nSPS) is 15.4. The Morgan fingerprint density at radius 2 is 1.93 bits per heavy atom. The molecule has 3 aromatic rings. The van der Waals surface area contributed by atoms with Crippen LogP contribution in [0.15, 0.2) is 54.2 Å². The Balaban J connectivity index is 1.54. The van der Waals surface area contributed by atoms with E-state index in [1.165, 1.54) is 32.1 Å². The quantitative estimate of drug-likeness (QED) is 0.203. The van der Waals surface area contributed by atoms with Crippen molar-refractivity contribution in [3.63, 3.8) is 0 Å². The largest absolute Gasteiger partial charge is 0.480 e. The van der Waals surface area contributed by atoms with Crippen LogP contribution in [-0.4, -0.2) is 40.0 Å². The summed E-state index contributed by atoms with van der Waals surface area (Å²) in [7, 11) is 0. The minimum Gasteiger partial charge on any atom is -0.480 e. The zero-order valence-electron chi connectivity index (χ0n) is 23.4.